The van der Waals surface area contributed by atoms with Crippen molar-refractivity contribution in [1.82, 2.24) is 4.98 Å². The highest BCUT2D eigenvalue weighted by Gasteiger charge is 2.34. The number of aromatic nitrogens is 1. The molecule has 1 fully saturated rings. The third-order valence-corrected chi connectivity index (χ3v) is 5.16. The van der Waals surface area contributed by atoms with Crippen molar-refractivity contribution < 1.29 is 9.47 Å². The first-order valence-corrected chi connectivity index (χ1v) is 7.77. The van der Waals surface area contributed by atoms with Crippen LogP contribution < -0.4 is 15.2 Å². The van der Waals surface area contributed by atoms with Gasteiger partial charge in [-0.3, -0.25) is 0 Å². The first kappa shape index (κ1) is 14.6. The summed E-state index contributed by atoms with van der Waals surface area (Å²) in [4.78, 5) is 4.76. The highest BCUT2D eigenvalue weighted by Crippen LogP contribution is 2.40. The van der Waals surface area contributed by atoms with Gasteiger partial charge in [-0.1, -0.05) is 12.8 Å². The van der Waals surface area contributed by atoms with E-state index in [2.05, 4.69) is 5.38 Å². The number of ether oxygens (including phenoxy) is 2. The van der Waals surface area contributed by atoms with Crippen molar-refractivity contribution >= 4 is 23.7 Å². The normalized spacial score (nSPS) is 18.5. The van der Waals surface area contributed by atoms with Crippen LogP contribution in [0.4, 0.5) is 0 Å². The van der Waals surface area contributed by atoms with Crippen molar-refractivity contribution in [2.24, 2.45) is 5.73 Å². The van der Waals surface area contributed by atoms with Crippen molar-refractivity contribution in [3.8, 4) is 22.8 Å². The summed E-state index contributed by atoms with van der Waals surface area (Å²) in [6, 6.07) is 5.94. The Kier molecular flexibility index (Phi) is 3.82. The molecule has 4 nitrogen and oxygen atoms in total. The van der Waals surface area contributed by atoms with Gasteiger partial charge < -0.3 is 15.2 Å². The summed E-state index contributed by atoms with van der Waals surface area (Å²) in [6.45, 7) is 0.299. The molecule has 0 saturated heterocycles. The van der Waals surface area contributed by atoms with E-state index in [-0.39, 0.29) is 17.9 Å². The molecule has 21 heavy (non-hydrogen) atoms. The summed E-state index contributed by atoms with van der Waals surface area (Å²) in [6.07, 6.45) is 4.49. The van der Waals surface area contributed by atoms with E-state index in [1.807, 2.05) is 18.2 Å². The van der Waals surface area contributed by atoms with Crippen molar-refractivity contribution in [3.05, 3.63) is 28.6 Å². The van der Waals surface area contributed by atoms with Crippen LogP contribution in [0.3, 0.4) is 0 Å². The molecule has 2 aromatic rings. The summed E-state index contributed by atoms with van der Waals surface area (Å²) in [5.74, 6) is 1.59. The van der Waals surface area contributed by atoms with Gasteiger partial charge in [-0.05, 0) is 31.0 Å². The van der Waals surface area contributed by atoms with Crippen molar-refractivity contribution in [1.29, 1.82) is 0 Å². The van der Waals surface area contributed by atoms with Gasteiger partial charge in [-0.25, -0.2) is 4.98 Å². The Bertz CT molecular complexity index is 653. The summed E-state index contributed by atoms with van der Waals surface area (Å²) in [7, 11) is 0. The zero-order valence-corrected chi connectivity index (χ0v) is 13.1. The maximum Gasteiger partial charge on any atom is 0.231 e. The fraction of sp³-hybridized carbons (Fsp3) is 0.400. The first-order valence-electron chi connectivity index (χ1n) is 6.90. The second-order valence-corrected chi connectivity index (χ2v) is 6.33. The lowest BCUT2D eigenvalue weighted by molar-refractivity contribution is 0.174. The van der Waals surface area contributed by atoms with Crippen molar-refractivity contribution in [3.63, 3.8) is 0 Å². The number of fused-ring (bicyclic) bond motifs is 1. The highest BCUT2D eigenvalue weighted by molar-refractivity contribution is 7.10. The quantitative estimate of drug-likeness (QED) is 0.915. The summed E-state index contributed by atoms with van der Waals surface area (Å²) in [5, 5.41) is 3.14. The lowest BCUT2D eigenvalue weighted by atomic mass is 10.0. The number of benzene rings is 1. The zero-order valence-electron chi connectivity index (χ0n) is 11.5. The Morgan fingerprint density at radius 2 is 1.90 bits per heavy atom. The van der Waals surface area contributed by atoms with Crippen molar-refractivity contribution in [2.75, 3.05) is 6.79 Å². The zero-order chi connectivity index (χ0) is 13.6. The van der Waals surface area contributed by atoms with Gasteiger partial charge in [0.25, 0.3) is 0 Å². The number of halogens is 1. The molecule has 0 amide bonds. The molecule has 1 aromatic heterocycles. The van der Waals surface area contributed by atoms with Crippen LogP contribution in [0, 0.1) is 0 Å². The topological polar surface area (TPSA) is 57.4 Å². The second-order valence-electron chi connectivity index (χ2n) is 5.47. The van der Waals surface area contributed by atoms with Crippen LogP contribution >= 0.6 is 23.7 Å². The molecule has 1 aliphatic carbocycles. The number of thiazole rings is 1. The Hall–Kier alpha value is -1.30. The summed E-state index contributed by atoms with van der Waals surface area (Å²) >= 11 is 1.67. The van der Waals surface area contributed by atoms with E-state index in [0.29, 0.717) is 6.79 Å². The number of hydrogen-bond acceptors (Lipinski definition) is 5. The van der Waals surface area contributed by atoms with Gasteiger partial charge in [0.1, 0.15) is 5.01 Å². The standard InChI is InChI=1S/C15H16N2O2S.ClH/c16-15(5-1-2-6-15)14-17-11(8-20-14)10-3-4-12-13(7-10)19-9-18-12;/h3-4,7-8H,1-2,5-6,9,16H2;1H. The Morgan fingerprint density at radius 3 is 2.71 bits per heavy atom. The van der Waals surface area contributed by atoms with Crippen LogP contribution in [0.1, 0.15) is 30.7 Å². The van der Waals surface area contributed by atoms with Crippen LogP contribution in [0.5, 0.6) is 11.5 Å². The molecule has 0 radical (unpaired) electrons. The van der Waals surface area contributed by atoms with Crippen molar-refractivity contribution in [2.45, 2.75) is 31.2 Å². The fourth-order valence-corrected chi connectivity index (χ4v) is 3.91. The molecule has 0 atom stereocenters. The lowest BCUT2D eigenvalue weighted by Crippen LogP contribution is -2.32. The molecule has 1 aromatic carbocycles. The molecule has 2 N–H and O–H groups in total. The molecule has 6 heteroatoms. The van der Waals surface area contributed by atoms with Gasteiger partial charge in [0, 0.05) is 10.9 Å². The smallest absolute Gasteiger partial charge is 0.231 e. The summed E-state index contributed by atoms with van der Waals surface area (Å²) < 4.78 is 10.7. The number of nitrogens with zero attached hydrogens (tertiary/aromatic N) is 1. The average Bonchev–Trinajstić information content (AvgIpc) is 3.18. The Balaban J connectivity index is 0.00000132. The van der Waals surface area contributed by atoms with E-state index in [1.54, 1.807) is 11.3 Å². The van der Waals surface area contributed by atoms with E-state index >= 15 is 0 Å². The predicted molar refractivity (Wildman–Crippen MR) is 85.3 cm³/mol. The van der Waals surface area contributed by atoms with Gasteiger partial charge in [0.15, 0.2) is 11.5 Å². The maximum atomic E-state index is 6.47. The van der Waals surface area contributed by atoms with E-state index < -0.39 is 0 Å². The van der Waals surface area contributed by atoms with Crippen LogP contribution in [0.15, 0.2) is 23.6 Å². The third kappa shape index (κ3) is 2.50. The maximum absolute atomic E-state index is 6.47. The molecule has 0 bridgehead atoms. The molecule has 4 rings (SSSR count). The highest BCUT2D eigenvalue weighted by atomic mass is 35.5. The predicted octanol–water partition coefficient (Wildman–Crippen LogP) is 3.69. The van der Waals surface area contributed by atoms with E-state index in [1.165, 1.54) is 12.8 Å². The van der Waals surface area contributed by atoms with Crippen LogP contribution in [-0.2, 0) is 5.54 Å². The second kappa shape index (κ2) is 5.48. The van der Waals surface area contributed by atoms with Gasteiger partial charge in [0.2, 0.25) is 6.79 Å². The monoisotopic (exact) mass is 324 g/mol. The first-order chi connectivity index (χ1) is 9.74. The summed E-state index contributed by atoms with van der Waals surface area (Å²) in [5.41, 5.74) is 8.28. The van der Waals surface area contributed by atoms with Gasteiger partial charge in [-0.2, -0.15) is 0 Å². The average molecular weight is 325 g/mol. The number of hydrogen-bond donors (Lipinski definition) is 1. The molecule has 1 saturated carbocycles. The van der Waals surface area contributed by atoms with E-state index in [0.717, 1.165) is 40.6 Å². The fourth-order valence-electron chi connectivity index (χ4n) is 2.91. The molecule has 0 unspecified atom stereocenters. The Morgan fingerprint density at radius 1 is 1.14 bits per heavy atom. The van der Waals surface area contributed by atoms with E-state index in [4.69, 9.17) is 20.2 Å². The van der Waals surface area contributed by atoms with E-state index in [9.17, 15) is 0 Å². The molecule has 112 valence electrons. The SMILES string of the molecule is Cl.NC1(c2nc(-c3ccc4c(c3)OCO4)cs2)CCCC1. The number of nitrogens with two attached hydrogens (primary N) is 1. The van der Waals surface area contributed by atoms with Crippen LogP contribution in [0.25, 0.3) is 11.3 Å². The largest absolute Gasteiger partial charge is 0.454 e. The molecule has 1 aliphatic heterocycles. The Labute approximate surface area is 133 Å². The number of rotatable bonds is 2. The molecule has 2 aliphatic rings. The molecular weight excluding hydrogens is 308 g/mol. The third-order valence-electron chi connectivity index (χ3n) is 4.09. The van der Waals surface area contributed by atoms with Gasteiger partial charge in [0.05, 0.1) is 11.2 Å². The van der Waals surface area contributed by atoms with Crippen LogP contribution in [-0.4, -0.2) is 11.8 Å². The molecule has 2 heterocycles. The minimum Gasteiger partial charge on any atom is -0.454 e. The van der Waals surface area contributed by atoms with Gasteiger partial charge in [-0.15, -0.1) is 23.7 Å². The molecular formula is C15H17ClN2O2S. The minimum absolute atomic E-state index is 0. The minimum atomic E-state index is -0.209. The molecule has 0 spiro atoms. The van der Waals surface area contributed by atoms with Crippen LogP contribution in [0.2, 0.25) is 0 Å². The van der Waals surface area contributed by atoms with Gasteiger partial charge >= 0.3 is 0 Å². The lowest BCUT2D eigenvalue weighted by Gasteiger charge is -2.19.